The van der Waals surface area contributed by atoms with Crippen LogP contribution in [0.3, 0.4) is 0 Å². The molecule has 0 spiro atoms. The first-order valence-electron chi connectivity index (χ1n) is 4.78. The van der Waals surface area contributed by atoms with Gasteiger partial charge in [-0.3, -0.25) is 9.59 Å². The van der Waals surface area contributed by atoms with Crippen LogP contribution in [-0.4, -0.2) is 41.3 Å². The maximum Gasteiger partial charge on any atom is 0.244 e. The molecule has 2 unspecified atom stereocenters. The second-order valence-electron chi connectivity index (χ2n) is 3.73. The van der Waals surface area contributed by atoms with E-state index in [-0.39, 0.29) is 16.8 Å². The molecule has 2 amide bonds. The smallest absolute Gasteiger partial charge is 0.244 e. The number of nitrogens with zero attached hydrogens (tertiary/aromatic N) is 1. The average Bonchev–Trinajstić information content (AvgIpc) is 2.48. The summed E-state index contributed by atoms with van der Waals surface area (Å²) in [5.74, 6) is -0.867. The molecule has 15 heavy (non-hydrogen) atoms. The van der Waals surface area contributed by atoms with Crippen molar-refractivity contribution in [3.05, 3.63) is 0 Å². The Kier molecular flexibility index (Phi) is 3.62. The molecule has 1 rings (SSSR count). The predicted octanol–water partition coefficient (Wildman–Crippen LogP) is -0.744. The van der Waals surface area contributed by atoms with E-state index in [0.717, 1.165) is 0 Å². The Hall–Kier alpha value is -1.17. The fourth-order valence-electron chi connectivity index (χ4n) is 1.38. The number of likely N-dealkylation sites (tertiary alicyclic amines) is 1. The van der Waals surface area contributed by atoms with Crippen LogP contribution in [0.25, 0.3) is 0 Å². The molecule has 0 bridgehead atoms. The van der Waals surface area contributed by atoms with Crippen LogP contribution in [0.1, 0.15) is 13.3 Å². The van der Waals surface area contributed by atoms with Crippen LogP contribution < -0.4 is 11.1 Å². The molecule has 1 aliphatic rings. The van der Waals surface area contributed by atoms with E-state index < -0.39 is 12.0 Å². The zero-order valence-corrected chi connectivity index (χ0v) is 9.63. The van der Waals surface area contributed by atoms with Gasteiger partial charge in [-0.05, 0) is 13.3 Å². The number of carbonyl (C=O) groups excluding carboxylic acids is 2. The highest BCUT2D eigenvalue weighted by Gasteiger charge is 2.31. The Morgan fingerprint density at radius 3 is 2.73 bits per heavy atom. The minimum absolute atomic E-state index is 0.0570. The van der Waals surface area contributed by atoms with Gasteiger partial charge in [-0.15, -0.1) is 0 Å². The van der Waals surface area contributed by atoms with E-state index in [4.69, 9.17) is 18.0 Å². The molecule has 2 atom stereocenters. The standard InChI is InChI=1S/C9H15N3O2S/c1-5(7(10)15)8(13)11-6-3-4-12(2)9(6)14/h5-6H,3-4H2,1-2H3,(H2,10,15)(H,11,13). The molecule has 0 aliphatic carbocycles. The summed E-state index contributed by atoms with van der Waals surface area (Å²) in [5, 5.41) is 2.64. The minimum Gasteiger partial charge on any atom is -0.393 e. The number of nitrogens with two attached hydrogens (primary N) is 1. The van der Waals surface area contributed by atoms with Crippen molar-refractivity contribution in [3.8, 4) is 0 Å². The lowest BCUT2D eigenvalue weighted by Crippen LogP contribution is -2.45. The first kappa shape index (κ1) is 11.9. The molecule has 0 aromatic carbocycles. The summed E-state index contributed by atoms with van der Waals surface area (Å²) in [4.78, 5) is 24.8. The van der Waals surface area contributed by atoms with Crippen molar-refractivity contribution in [2.75, 3.05) is 13.6 Å². The molecule has 0 radical (unpaired) electrons. The molecule has 1 saturated heterocycles. The Bertz CT molecular complexity index is 306. The van der Waals surface area contributed by atoms with Crippen LogP contribution in [0.5, 0.6) is 0 Å². The van der Waals surface area contributed by atoms with Gasteiger partial charge < -0.3 is 16.0 Å². The van der Waals surface area contributed by atoms with Gasteiger partial charge in [-0.2, -0.15) is 0 Å². The maximum absolute atomic E-state index is 11.5. The van der Waals surface area contributed by atoms with Gasteiger partial charge in [0.2, 0.25) is 11.8 Å². The van der Waals surface area contributed by atoms with Crippen LogP contribution in [0.15, 0.2) is 0 Å². The van der Waals surface area contributed by atoms with E-state index in [1.54, 1.807) is 18.9 Å². The molecule has 0 aromatic rings. The van der Waals surface area contributed by atoms with Crippen LogP contribution in [0.2, 0.25) is 0 Å². The summed E-state index contributed by atoms with van der Waals surface area (Å²) < 4.78 is 0. The van der Waals surface area contributed by atoms with Gasteiger partial charge in [0, 0.05) is 13.6 Å². The minimum atomic E-state index is -0.529. The van der Waals surface area contributed by atoms with Crippen molar-refractivity contribution >= 4 is 29.0 Å². The number of hydrogen-bond donors (Lipinski definition) is 2. The van der Waals surface area contributed by atoms with Crippen molar-refractivity contribution in [3.63, 3.8) is 0 Å². The third kappa shape index (κ3) is 2.65. The number of likely N-dealkylation sites (N-methyl/N-ethyl adjacent to an activating group) is 1. The van der Waals surface area contributed by atoms with E-state index in [2.05, 4.69) is 5.32 Å². The van der Waals surface area contributed by atoms with Crippen LogP contribution in [0, 0.1) is 5.92 Å². The zero-order valence-electron chi connectivity index (χ0n) is 8.82. The van der Waals surface area contributed by atoms with Gasteiger partial charge in [0.1, 0.15) is 6.04 Å². The van der Waals surface area contributed by atoms with E-state index in [0.29, 0.717) is 13.0 Å². The Morgan fingerprint density at radius 1 is 1.73 bits per heavy atom. The molecule has 3 N–H and O–H groups in total. The van der Waals surface area contributed by atoms with Crippen LogP contribution in [0.4, 0.5) is 0 Å². The number of carbonyl (C=O) groups is 2. The van der Waals surface area contributed by atoms with Crippen LogP contribution in [-0.2, 0) is 9.59 Å². The topological polar surface area (TPSA) is 75.4 Å². The normalized spacial score (nSPS) is 22.7. The highest BCUT2D eigenvalue weighted by molar-refractivity contribution is 7.80. The first-order valence-corrected chi connectivity index (χ1v) is 5.19. The summed E-state index contributed by atoms with van der Waals surface area (Å²) >= 11 is 4.71. The fraction of sp³-hybridized carbons (Fsp3) is 0.667. The summed E-state index contributed by atoms with van der Waals surface area (Å²) in [6.45, 7) is 2.30. The highest BCUT2D eigenvalue weighted by atomic mass is 32.1. The molecule has 6 heteroatoms. The highest BCUT2D eigenvalue weighted by Crippen LogP contribution is 2.09. The van der Waals surface area contributed by atoms with Gasteiger partial charge in [-0.25, -0.2) is 0 Å². The van der Waals surface area contributed by atoms with Crippen molar-refractivity contribution in [2.45, 2.75) is 19.4 Å². The van der Waals surface area contributed by atoms with Crippen molar-refractivity contribution in [1.29, 1.82) is 0 Å². The monoisotopic (exact) mass is 229 g/mol. The molecule has 5 nitrogen and oxygen atoms in total. The molecule has 84 valence electrons. The lowest BCUT2D eigenvalue weighted by molar-refractivity contribution is -0.132. The van der Waals surface area contributed by atoms with Crippen molar-refractivity contribution in [1.82, 2.24) is 10.2 Å². The maximum atomic E-state index is 11.5. The van der Waals surface area contributed by atoms with Gasteiger partial charge >= 0.3 is 0 Å². The van der Waals surface area contributed by atoms with Crippen LogP contribution >= 0.6 is 12.2 Å². The van der Waals surface area contributed by atoms with E-state index >= 15 is 0 Å². The first-order chi connectivity index (χ1) is 6.93. The van der Waals surface area contributed by atoms with E-state index in [1.807, 2.05) is 0 Å². The predicted molar refractivity (Wildman–Crippen MR) is 60.1 cm³/mol. The summed E-state index contributed by atoms with van der Waals surface area (Å²) in [7, 11) is 1.71. The molecule has 1 heterocycles. The quantitative estimate of drug-likeness (QED) is 0.625. The molecule has 0 saturated carbocycles. The van der Waals surface area contributed by atoms with Crippen molar-refractivity contribution < 1.29 is 9.59 Å². The summed E-state index contributed by atoms with van der Waals surface area (Å²) in [6, 6.07) is -0.417. The molecular weight excluding hydrogens is 214 g/mol. The van der Waals surface area contributed by atoms with Gasteiger partial charge in [0.05, 0.1) is 10.9 Å². The third-order valence-electron chi connectivity index (χ3n) is 2.56. The number of amides is 2. The number of thiocarbonyl (C=S) groups is 1. The fourth-order valence-corrected chi connectivity index (χ4v) is 1.49. The molecule has 1 aliphatic heterocycles. The van der Waals surface area contributed by atoms with Gasteiger partial charge in [0.15, 0.2) is 0 Å². The molecule has 0 aromatic heterocycles. The number of rotatable bonds is 3. The van der Waals surface area contributed by atoms with E-state index in [1.165, 1.54) is 0 Å². The van der Waals surface area contributed by atoms with Gasteiger partial charge in [0.25, 0.3) is 0 Å². The number of nitrogens with one attached hydrogen (secondary N) is 1. The summed E-state index contributed by atoms with van der Waals surface area (Å²) in [6.07, 6.45) is 0.644. The van der Waals surface area contributed by atoms with Crippen molar-refractivity contribution in [2.24, 2.45) is 11.7 Å². The Labute approximate surface area is 94.0 Å². The molecule has 1 fully saturated rings. The Balaban J connectivity index is 2.52. The summed E-state index contributed by atoms with van der Waals surface area (Å²) in [5.41, 5.74) is 5.35. The average molecular weight is 229 g/mol. The second kappa shape index (κ2) is 4.57. The lowest BCUT2D eigenvalue weighted by Gasteiger charge is -2.15. The lowest BCUT2D eigenvalue weighted by atomic mass is 10.1. The SMILES string of the molecule is CC(C(=O)NC1CCN(C)C1=O)C(N)=S. The number of hydrogen-bond acceptors (Lipinski definition) is 3. The Morgan fingerprint density at radius 2 is 2.33 bits per heavy atom. The largest absolute Gasteiger partial charge is 0.393 e. The molecular formula is C9H15N3O2S. The zero-order chi connectivity index (χ0) is 11.6. The second-order valence-corrected chi connectivity index (χ2v) is 4.21. The van der Waals surface area contributed by atoms with Gasteiger partial charge in [-0.1, -0.05) is 12.2 Å². The third-order valence-corrected chi connectivity index (χ3v) is 2.92. The van der Waals surface area contributed by atoms with E-state index in [9.17, 15) is 9.59 Å².